The smallest absolute Gasteiger partial charge is 0.251 e. The number of carbonyl (C=O) groups is 1. The van der Waals surface area contributed by atoms with Crippen LogP contribution in [0.4, 0.5) is 0 Å². The van der Waals surface area contributed by atoms with Crippen molar-refractivity contribution in [3.8, 4) is 16.9 Å². The van der Waals surface area contributed by atoms with Crippen LogP contribution in [0.25, 0.3) is 11.1 Å². The summed E-state index contributed by atoms with van der Waals surface area (Å²) < 4.78 is 5.85. The van der Waals surface area contributed by atoms with Gasteiger partial charge < -0.3 is 15.4 Å². The van der Waals surface area contributed by atoms with E-state index in [4.69, 9.17) is 4.74 Å². The summed E-state index contributed by atoms with van der Waals surface area (Å²) in [6, 6.07) is 15.6. The summed E-state index contributed by atoms with van der Waals surface area (Å²) in [5.41, 5.74) is 2.80. The number of hydrogen-bond donors (Lipinski definition) is 2. The molecular weight excluding hydrogens is 324 g/mol. The molecule has 0 aliphatic rings. The quantitative estimate of drug-likeness (QED) is 0.631. The summed E-state index contributed by atoms with van der Waals surface area (Å²) in [6.45, 7) is 7.05. The molecule has 0 heterocycles. The van der Waals surface area contributed by atoms with Gasteiger partial charge in [-0.15, -0.1) is 0 Å². The molecule has 140 valence electrons. The third-order valence-electron chi connectivity index (χ3n) is 4.22. The second-order valence-electron chi connectivity index (χ2n) is 6.82. The van der Waals surface area contributed by atoms with Crippen LogP contribution in [0, 0.1) is 5.92 Å². The lowest BCUT2D eigenvalue weighted by atomic mass is 10.0. The van der Waals surface area contributed by atoms with E-state index in [9.17, 15) is 4.79 Å². The van der Waals surface area contributed by atoms with Gasteiger partial charge in [-0.2, -0.15) is 0 Å². The van der Waals surface area contributed by atoms with Crippen molar-refractivity contribution in [3.63, 3.8) is 0 Å². The highest BCUT2D eigenvalue weighted by Crippen LogP contribution is 2.24. The maximum absolute atomic E-state index is 11.6. The van der Waals surface area contributed by atoms with E-state index in [0.717, 1.165) is 35.9 Å². The first kappa shape index (κ1) is 20.0. The number of nitrogens with one attached hydrogen (secondary N) is 2. The lowest BCUT2D eigenvalue weighted by Crippen LogP contribution is -2.22. The Bertz CT molecular complexity index is 681. The minimum Gasteiger partial charge on any atom is -0.492 e. The largest absolute Gasteiger partial charge is 0.492 e. The second kappa shape index (κ2) is 10.6. The Labute approximate surface area is 157 Å². The Morgan fingerprint density at radius 2 is 1.81 bits per heavy atom. The van der Waals surface area contributed by atoms with Crippen LogP contribution in [0.3, 0.4) is 0 Å². The van der Waals surface area contributed by atoms with Crippen molar-refractivity contribution in [2.45, 2.75) is 26.7 Å². The van der Waals surface area contributed by atoms with Gasteiger partial charge in [-0.25, -0.2) is 0 Å². The summed E-state index contributed by atoms with van der Waals surface area (Å²) in [7, 11) is 1.64. The van der Waals surface area contributed by atoms with Crippen LogP contribution in [0.5, 0.6) is 5.75 Å². The van der Waals surface area contributed by atoms with Crippen LogP contribution in [-0.2, 0) is 0 Å². The fourth-order valence-electron chi connectivity index (χ4n) is 2.73. The Morgan fingerprint density at radius 1 is 1.04 bits per heavy atom. The third kappa shape index (κ3) is 6.52. The van der Waals surface area contributed by atoms with Crippen molar-refractivity contribution in [3.05, 3.63) is 54.1 Å². The lowest BCUT2D eigenvalue weighted by Gasteiger charge is -2.10. The Morgan fingerprint density at radius 3 is 2.50 bits per heavy atom. The van der Waals surface area contributed by atoms with Gasteiger partial charge in [-0.05, 0) is 60.7 Å². The third-order valence-corrected chi connectivity index (χ3v) is 4.22. The van der Waals surface area contributed by atoms with Crippen LogP contribution >= 0.6 is 0 Å². The Kier molecular flexibility index (Phi) is 8.16. The molecule has 2 N–H and O–H groups in total. The van der Waals surface area contributed by atoms with Crippen LogP contribution in [-0.4, -0.2) is 32.7 Å². The highest BCUT2D eigenvalue weighted by molar-refractivity contribution is 5.94. The Balaban J connectivity index is 1.83. The molecule has 2 aromatic carbocycles. The number of amides is 1. The molecule has 4 heteroatoms. The number of benzene rings is 2. The van der Waals surface area contributed by atoms with Crippen LogP contribution in [0.1, 0.15) is 37.0 Å². The molecule has 0 saturated carbocycles. The van der Waals surface area contributed by atoms with Crippen molar-refractivity contribution in [1.82, 2.24) is 10.6 Å². The van der Waals surface area contributed by atoms with Gasteiger partial charge in [0.2, 0.25) is 0 Å². The first-order chi connectivity index (χ1) is 12.6. The molecule has 0 fully saturated rings. The maximum atomic E-state index is 11.6. The summed E-state index contributed by atoms with van der Waals surface area (Å²) >= 11 is 0. The maximum Gasteiger partial charge on any atom is 0.251 e. The standard InChI is InChI=1S/C22H30N2O2/c1-17(2)6-5-13-24-14-15-26-21-8-4-7-20(16-21)18-9-11-19(12-10-18)22(25)23-3/h4,7-12,16-17,24H,5-6,13-15H2,1-3H3,(H,23,25). The molecular formula is C22H30N2O2. The molecule has 0 spiro atoms. The van der Waals surface area contributed by atoms with E-state index in [-0.39, 0.29) is 5.91 Å². The molecule has 0 aliphatic heterocycles. The topological polar surface area (TPSA) is 50.4 Å². The fourth-order valence-corrected chi connectivity index (χ4v) is 2.73. The van der Waals surface area contributed by atoms with Gasteiger partial charge in [0.1, 0.15) is 12.4 Å². The molecule has 0 aromatic heterocycles. The van der Waals surface area contributed by atoms with Gasteiger partial charge in [0, 0.05) is 19.2 Å². The van der Waals surface area contributed by atoms with Crippen LogP contribution in [0.2, 0.25) is 0 Å². The molecule has 0 bridgehead atoms. The summed E-state index contributed by atoms with van der Waals surface area (Å²) in [4.78, 5) is 11.6. The number of ether oxygens (including phenoxy) is 1. The van der Waals surface area contributed by atoms with Gasteiger partial charge in [0.15, 0.2) is 0 Å². The first-order valence-corrected chi connectivity index (χ1v) is 9.36. The number of carbonyl (C=O) groups excluding carboxylic acids is 1. The van der Waals surface area contributed by atoms with Crippen molar-refractivity contribution < 1.29 is 9.53 Å². The van der Waals surface area contributed by atoms with Gasteiger partial charge in [-0.1, -0.05) is 38.1 Å². The predicted octanol–water partition coefficient (Wildman–Crippen LogP) is 4.12. The second-order valence-corrected chi connectivity index (χ2v) is 6.82. The molecule has 0 atom stereocenters. The van der Waals surface area contributed by atoms with Crippen molar-refractivity contribution in [2.75, 3.05) is 26.7 Å². The summed E-state index contributed by atoms with van der Waals surface area (Å²) in [5, 5.41) is 6.05. The monoisotopic (exact) mass is 354 g/mol. The van der Waals surface area contributed by atoms with Crippen molar-refractivity contribution in [1.29, 1.82) is 0 Å². The van der Waals surface area contributed by atoms with Crippen LogP contribution < -0.4 is 15.4 Å². The van der Waals surface area contributed by atoms with E-state index in [1.54, 1.807) is 7.05 Å². The van der Waals surface area contributed by atoms with E-state index >= 15 is 0 Å². The van der Waals surface area contributed by atoms with Gasteiger partial charge in [-0.3, -0.25) is 4.79 Å². The van der Waals surface area contributed by atoms with E-state index in [0.29, 0.717) is 12.2 Å². The average molecular weight is 354 g/mol. The minimum absolute atomic E-state index is 0.0745. The zero-order chi connectivity index (χ0) is 18.8. The molecule has 26 heavy (non-hydrogen) atoms. The molecule has 1 amide bonds. The minimum atomic E-state index is -0.0745. The number of rotatable bonds is 10. The zero-order valence-corrected chi connectivity index (χ0v) is 16.0. The highest BCUT2D eigenvalue weighted by atomic mass is 16.5. The van der Waals surface area contributed by atoms with Crippen molar-refractivity contribution in [2.24, 2.45) is 5.92 Å². The molecule has 4 nitrogen and oxygen atoms in total. The zero-order valence-electron chi connectivity index (χ0n) is 16.0. The van der Waals surface area contributed by atoms with Crippen molar-refractivity contribution >= 4 is 5.91 Å². The van der Waals surface area contributed by atoms with E-state index in [1.165, 1.54) is 12.8 Å². The molecule has 0 unspecified atom stereocenters. The van der Waals surface area contributed by atoms with E-state index in [2.05, 4.69) is 24.5 Å². The lowest BCUT2D eigenvalue weighted by molar-refractivity contribution is 0.0963. The van der Waals surface area contributed by atoms with Crippen LogP contribution in [0.15, 0.2) is 48.5 Å². The summed E-state index contributed by atoms with van der Waals surface area (Å²) in [5.74, 6) is 1.55. The van der Waals surface area contributed by atoms with E-state index < -0.39 is 0 Å². The summed E-state index contributed by atoms with van der Waals surface area (Å²) in [6.07, 6.45) is 2.47. The predicted molar refractivity (Wildman–Crippen MR) is 108 cm³/mol. The molecule has 0 saturated heterocycles. The van der Waals surface area contributed by atoms with Gasteiger partial charge in [0.25, 0.3) is 5.91 Å². The average Bonchev–Trinajstić information content (AvgIpc) is 2.66. The van der Waals surface area contributed by atoms with E-state index in [1.807, 2.05) is 48.5 Å². The SMILES string of the molecule is CNC(=O)c1ccc(-c2cccc(OCCNCCCC(C)C)c2)cc1. The molecule has 0 aliphatic carbocycles. The Hall–Kier alpha value is -2.33. The normalized spacial score (nSPS) is 10.8. The number of hydrogen-bond acceptors (Lipinski definition) is 3. The molecule has 2 rings (SSSR count). The molecule has 0 radical (unpaired) electrons. The fraction of sp³-hybridized carbons (Fsp3) is 0.409. The van der Waals surface area contributed by atoms with Gasteiger partial charge >= 0.3 is 0 Å². The molecule has 2 aromatic rings. The first-order valence-electron chi connectivity index (χ1n) is 9.36. The van der Waals surface area contributed by atoms with Gasteiger partial charge in [0.05, 0.1) is 0 Å². The highest BCUT2D eigenvalue weighted by Gasteiger charge is 2.04.